The van der Waals surface area contributed by atoms with Crippen LogP contribution in [0.5, 0.6) is 0 Å². The van der Waals surface area contributed by atoms with E-state index in [1.54, 1.807) is 13.0 Å². The molecule has 0 spiro atoms. The second kappa shape index (κ2) is 3.61. The number of carboxylic acid groups (broad SMARTS) is 1. The minimum atomic E-state index is -0.975. The summed E-state index contributed by atoms with van der Waals surface area (Å²) in [6.45, 7) is 1.68. The Morgan fingerprint density at radius 2 is 2.13 bits per heavy atom. The fourth-order valence-electron chi connectivity index (χ4n) is 1.49. The first kappa shape index (κ1) is 9.52. The monoisotopic (exact) mass is 202 g/mol. The zero-order valence-corrected chi connectivity index (χ0v) is 8.23. The van der Waals surface area contributed by atoms with E-state index in [9.17, 15) is 4.79 Å². The fourth-order valence-corrected chi connectivity index (χ4v) is 1.49. The number of furan rings is 1. The summed E-state index contributed by atoms with van der Waals surface area (Å²) in [5.41, 5.74) is 0.888. The molecule has 0 atom stereocenters. The third-order valence-electron chi connectivity index (χ3n) is 2.21. The van der Waals surface area contributed by atoms with Gasteiger partial charge in [-0.1, -0.05) is 24.3 Å². The minimum Gasteiger partial charge on any atom is -0.478 e. The maximum Gasteiger partial charge on any atom is 0.339 e. The second-order valence-corrected chi connectivity index (χ2v) is 3.16. The molecule has 0 unspecified atom stereocenters. The third-order valence-corrected chi connectivity index (χ3v) is 2.21. The summed E-state index contributed by atoms with van der Waals surface area (Å²) in [5.74, 6) is -0.581. The Morgan fingerprint density at radius 1 is 1.40 bits per heavy atom. The maximum atomic E-state index is 10.9. The summed E-state index contributed by atoms with van der Waals surface area (Å²) in [7, 11) is 0. The predicted molar refractivity (Wildman–Crippen MR) is 57.5 cm³/mol. The van der Waals surface area contributed by atoms with Crippen molar-refractivity contribution in [1.29, 1.82) is 0 Å². The van der Waals surface area contributed by atoms with E-state index in [0.717, 1.165) is 5.39 Å². The second-order valence-electron chi connectivity index (χ2n) is 3.16. The number of carboxylic acids is 1. The van der Waals surface area contributed by atoms with Gasteiger partial charge in [0.15, 0.2) is 0 Å². The molecule has 3 heteroatoms. The van der Waals surface area contributed by atoms with E-state index in [-0.39, 0.29) is 5.57 Å². The lowest BCUT2D eigenvalue weighted by Crippen LogP contribution is -1.97. The van der Waals surface area contributed by atoms with E-state index in [4.69, 9.17) is 9.52 Å². The molecule has 0 aliphatic heterocycles. The molecule has 0 fully saturated rings. The van der Waals surface area contributed by atoms with Gasteiger partial charge in [0.25, 0.3) is 0 Å². The van der Waals surface area contributed by atoms with Crippen LogP contribution in [0.3, 0.4) is 0 Å². The number of allylic oxidation sites excluding steroid dienone is 1. The highest BCUT2D eigenvalue weighted by Gasteiger charge is 2.13. The van der Waals surface area contributed by atoms with Crippen LogP contribution in [0.4, 0.5) is 0 Å². The number of hydrogen-bond acceptors (Lipinski definition) is 2. The molecule has 76 valence electrons. The lowest BCUT2D eigenvalue weighted by atomic mass is 10.2. The Hall–Kier alpha value is -2.03. The van der Waals surface area contributed by atoms with E-state index in [1.807, 2.05) is 24.3 Å². The van der Waals surface area contributed by atoms with Crippen molar-refractivity contribution < 1.29 is 14.3 Å². The van der Waals surface area contributed by atoms with Crippen molar-refractivity contribution in [2.24, 2.45) is 0 Å². The Balaban J connectivity index is 2.58. The highest BCUT2D eigenvalue weighted by Crippen LogP contribution is 2.24. The molecule has 0 saturated heterocycles. The van der Waals surface area contributed by atoms with Crippen LogP contribution < -0.4 is 0 Å². The number of fused-ring (bicyclic) bond motifs is 1. The summed E-state index contributed by atoms with van der Waals surface area (Å²) < 4.78 is 5.43. The molecule has 2 aromatic rings. The highest BCUT2D eigenvalue weighted by atomic mass is 16.4. The average Bonchev–Trinajstić information content (AvgIpc) is 2.61. The largest absolute Gasteiger partial charge is 0.478 e. The topological polar surface area (TPSA) is 50.4 Å². The van der Waals surface area contributed by atoms with Crippen molar-refractivity contribution in [1.82, 2.24) is 0 Å². The van der Waals surface area contributed by atoms with Crippen molar-refractivity contribution in [2.75, 3.05) is 0 Å². The molecule has 0 bridgehead atoms. The van der Waals surface area contributed by atoms with Gasteiger partial charge in [-0.05, 0) is 19.1 Å². The molecular weight excluding hydrogens is 192 g/mol. The number of benzene rings is 1. The number of rotatable bonds is 2. The molecule has 0 saturated carbocycles. The van der Waals surface area contributed by atoms with Gasteiger partial charge in [-0.2, -0.15) is 0 Å². The average molecular weight is 202 g/mol. The zero-order chi connectivity index (χ0) is 10.8. The SMILES string of the molecule is CC=C(C(=O)O)c1cc2ccccc2o1. The molecule has 0 radical (unpaired) electrons. The van der Waals surface area contributed by atoms with Crippen LogP contribution in [0.15, 0.2) is 40.8 Å². The van der Waals surface area contributed by atoms with Gasteiger partial charge in [0.05, 0.1) is 5.57 Å². The summed E-state index contributed by atoms with van der Waals surface area (Å²) in [6.07, 6.45) is 1.53. The van der Waals surface area contributed by atoms with E-state index in [0.29, 0.717) is 11.3 Å². The molecular formula is C12H10O3. The van der Waals surface area contributed by atoms with E-state index < -0.39 is 5.97 Å². The smallest absolute Gasteiger partial charge is 0.339 e. The first-order valence-electron chi connectivity index (χ1n) is 4.61. The Labute approximate surface area is 86.6 Å². The number of para-hydroxylation sites is 1. The van der Waals surface area contributed by atoms with Crippen LogP contribution in [-0.4, -0.2) is 11.1 Å². The van der Waals surface area contributed by atoms with Gasteiger partial charge in [-0.25, -0.2) is 4.79 Å². The Kier molecular flexibility index (Phi) is 2.29. The summed E-state index contributed by atoms with van der Waals surface area (Å²) in [6, 6.07) is 9.17. The summed E-state index contributed by atoms with van der Waals surface area (Å²) in [5, 5.41) is 9.83. The highest BCUT2D eigenvalue weighted by molar-refractivity contribution is 6.15. The van der Waals surface area contributed by atoms with E-state index in [1.165, 1.54) is 6.08 Å². The molecule has 1 aromatic carbocycles. The Morgan fingerprint density at radius 3 is 2.73 bits per heavy atom. The van der Waals surface area contributed by atoms with Gasteiger partial charge in [0.1, 0.15) is 11.3 Å². The molecule has 0 amide bonds. The van der Waals surface area contributed by atoms with Crippen LogP contribution >= 0.6 is 0 Å². The van der Waals surface area contributed by atoms with E-state index in [2.05, 4.69) is 0 Å². The van der Waals surface area contributed by atoms with Crippen LogP contribution in [0.25, 0.3) is 16.5 Å². The first-order valence-corrected chi connectivity index (χ1v) is 4.61. The van der Waals surface area contributed by atoms with Crippen LogP contribution in [0.2, 0.25) is 0 Å². The van der Waals surface area contributed by atoms with Gasteiger partial charge < -0.3 is 9.52 Å². The summed E-state index contributed by atoms with van der Waals surface area (Å²) >= 11 is 0. The number of carbonyl (C=O) groups is 1. The van der Waals surface area contributed by atoms with E-state index >= 15 is 0 Å². The molecule has 2 rings (SSSR count). The fraction of sp³-hybridized carbons (Fsp3) is 0.0833. The first-order chi connectivity index (χ1) is 7.22. The molecule has 3 nitrogen and oxygen atoms in total. The van der Waals surface area contributed by atoms with Crippen molar-refractivity contribution in [2.45, 2.75) is 6.92 Å². The third kappa shape index (κ3) is 1.64. The molecule has 0 aliphatic rings. The predicted octanol–water partition coefficient (Wildman–Crippen LogP) is 2.92. The molecule has 0 aliphatic carbocycles. The number of aliphatic carboxylic acids is 1. The Bertz CT molecular complexity index is 502. The molecule has 1 heterocycles. The van der Waals surface area contributed by atoms with Crippen molar-refractivity contribution in [3.05, 3.63) is 42.2 Å². The molecule has 1 N–H and O–H groups in total. The minimum absolute atomic E-state index is 0.186. The maximum absolute atomic E-state index is 10.9. The van der Waals surface area contributed by atoms with Gasteiger partial charge in [-0.15, -0.1) is 0 Å². The van der Waals surface area contributed by atoms with Crippen LogP contribution in [0, 0.1) is 0 Å². The zero-order valence-electron chi connectivity index (χ0n) is 8.23. The number of hydrogen-bond donors (Lipinski definition) is 1. The van der Waals surface area contributed by atoms with Gasteiger partial charge in [0, 0.05) is 5.39 Å². The quantitative estimate of drug-likeness (QED) is 0.761. The van der Waals surface area contributed by atoms with Crippen LogP contribution in [-0.2, 0) is 4.79 Å². The van der Waals surface area contributed by atoms with Crippen molar-refractivity contribution in [3.8, 4) is 0 Å². The normalized spacial score (nSPS) is 11.9. The lowest BCUT2D eigenvalue weighted by molar-refractivity contribution is -0.130. The van der Waals surface area contributed by atoms with Gasteiger partial charge >= 0.3 is 5.97 Å². The standard InChI is InChI=1S/C12H10O3/c1-2-9(12(13)14)11-7-8-5-3-4-6-10(8)15-11/h2-7H,1H3,(H,13,14). The summed E-state index contributed by atoms with van der Waals surface area (Å²) in [4.78, 5) is 10.9. The van der Waals surface area contributed by atoms with Crippen LogP contribution in [0.1, 0.15) is 12.7 Å². The van der Waals surface area contributed by atoms with Crippen molar-refractivity contribution >= 4 is 22.5 Å². The van der Waals surface area contributed by atoms with Crippen molar-refractivity contribution in [3.63, 3.8) is 0 Å². The van der Waals surface area contributed by atoms with Gasteiger partial charge in [0.2, 0.25) is 0 Å². The molecule has 15 heavy (non-hydrogen) atoms. The molecule has 1 aromatic heterocycles. The lowest BCUT2D eigenvalue weighted by Gasteiger charge is -1.94. The van der Waals surface area contributed by atoms with Gasteiger partial charge in [-0.3, -0.25) is 0 Å².